The summed E-state index contributed by atoms with van der Waals surface area (Å²) in [5, 5.41) is 6.80. The third kappa shape index (κ3) is 7.93. The smallest absolute Gasteiger partial charge is 0.191 e. The molecule has 0 unspecified atom stereocenters. The van der Waals surface area contributed by atoms with Crippen LogP contribution in [0.15, 0.2) is 29.3 Å². The summed E-state index contributed by atoms with van der Waals surface area (Å²) in [7, 11) is 1.82. The molecule has 1 aromatic carbocycles. The van der Waals surface area contributed by atoms with Crippen LogP contribution in [0.1, 0.15) is 24.0 Å². The number of nitrogens with zero attached hydrogens (tertiary/aromatic N) is 3. The number of hydrogen-bond donors (Lipinski definition) is 2. The third-order valence-corrected chi connectivity index (χ3v) is 5.14. The molecule has 0 saturated carbocycles. The Morgan fingerprint density at radius 3 is 2.30 bits per heavy atom. The fraction of sp³-hybridized carbons (Fsp3) is 0.650. The molecule has 0 spiro atoms. The van der Waals surface area contributed by atoms with Crippen LogP contribution in [0.25, 0.3) is 0 Å². The molecule has 0 atom stereocenters. The molecular weight excluding hydrogens is 453 g/mol. The number of nitrogens with one attached hydrogen (secondary N) is 2. The highest BCUT2D eigenvalue weighted by Crippen LogP contribution is 2.13. The number of aliphatic imine (C=N–C) groups is 1. The van der Waals surface area contributed by atoms with Crippen molar-refractivity contribution in [2.75, 3.05) is 59.5 Å². The fourth-order valence-electron chi connectivity index (χ4n) is 3.53. The summed E-state index contributed by atoms with van der Waals surface area (Å²) in [6.07, 6.45) is 2.69. The first-order chi connectivity index (χ1) is 12.8. The molecule has 2 fully saturated rings. The highest BCUT2D eigenvalue weighted by atomic mass is 127. The molecular formula is C20H34IN5O. The molecule has 7 heteroatoms. The normalized spacial score (nSPS) is 18.9. The number of likely N-dealkylation sites (tertiary alicyclic amines) is 1. The van der Waals surface area contributed by atoms with E-state index in [9.17, 15) is 0 Å². The van der Waals surface area contributed by atoms with Crippen molar-refractivity contribution >= 4 is 29.9 Å². The second kappa shape index (κ2) is 12.5. The number of benzene rings is 1. The number of guanidine groups is 1. The Kier molecular flexibility index (Phi) is 10.4. The molecule has 1 aromatic rings. The summed E-state index contributed by atoms with van der Waals surface area (Å²) in [5.41, 5.74) is 2.69. The van der Waals surface area contributed by atoms with Crippen molar-refractivity contribution in [1.82, 2.24) is 20.4 Å². The van der Waals surface area contributed by atoms with E-state index in [0.717, 1.165) is 58.4 Å². The summed E-state index contributed by atoms with van der Waals surface area (Å²) in [5.74, 6) is 0.861. The fourth-order valence-corrected chi connectivity index (χ4v) is 3.53. The van der Waals surface area contributed by atoms with Gasteiger partial charge in [0.05, 0.1) is 13.2 Å². The Bertz CT molecular complexity index is 554. The minimum Gasteiger partial charge on any atom is -0.379 e. The Hall–Kier alpha value is -0.900. The van der Waals surface area contributed by atoms with Crippen LogP contribution in [-0.4, -0.2) is 75.3 Å². The van der Waals surface area contributed by atoms with E-state index in [1.807, 2.05) is 7.05 Å². The average Bonchev–Trinajstić information content (AvgIpc) is 3.19. The van der Waals surface area contributed by atoms with Crippen molar-refractivity contribution in [2.24, 2.45) is 4.99 Å². The summed E-state index contributed by atoms with van der Waals surface area (Å²) in [6, 6.07) is 8.95. The van der Waals surface area contributed by atoms with Gasteiger partial charge in [-0.25, -0.2) is 0 Å². The SMILES string of the molecule is CN=C(NCCN1CCOCC1)NCc1ccc(CN2CCCC2)cc1.I. The quantitative estimate of drug-likeness (QED) is 0.350. The van der Waals surface area contributed by atoms with Gasteiger partial charge in [0, 0.05) is 46.3 Å². The van der Waals surface area contributed by atoms with Gasteiger partial charge in [-0.2, -0.15) is 0 Å². The van der Waals surface area contributed by atoms with E-state index in [2.05, 4.69) is 49.7 Å². The summed E-state index contributed by atoms with van der Waals surface area (Å²) < 4.78 is 5.38. The summed E-state index contributed by atoms with van der Waals surface area (Å²) in [4.78, 5) is 9.27. The van der Waals surface area contributed by atoms with Gasteiger partial charge in [-0.15, -0.1) is 24.0 Å². The number of ether oxygens (including phenoxy) is 1. The molecule has 2 N–H and O–H groups in total. The van der Waals surface area contributed by atoms with Crippen LogP contribution in [0.2, 0.25) is 0 Å². The largest absolute Gasteiger partial charge is 0.379 e. The van der Waals surface area contributed by atoms with E-state index in [1.54, 1.807) is 0 Å². The maximum Gasteiger partial charge on any atom is 0.191 e. The lowest BCUT2D eigenvalue weighted by Gasteiger charge is -2.26. The Morgan fingerprint density at radius 1 is 0.963 bits per heavy atom. The van der Waals surface area contributed by atoms with E-state index < -0.39 is 0 Å². The van der Waals surface area contributed by atoms with Crippen LogP contribution in [-0.2, 0) is 17.8 Å². The highest BCUT2D eigenvalue weighted by Gasteiger charge is 2.12. The first-order valence-corrected chi connectivity index (χ1v) is 9.88. The summed E-state index contributed by atoms with van der Waals surface area (Å²) in [6.45, 7) is 10.0. The average molecular weight is 487 g/mol. The van der Waals surface area contributed by atoms with E-state index in [1.165, 1.54) is 37.1 Å². The van der Waals surface area contributed by atoms with Crippen LogP contribution >= 0.6 is 24.0 Å². The molecule has 0 amide bonds. The number of hydrogen-bond acceptors (Lipinski definition) is 4. The Labute approximate surface area is 180 Å². The van der Waals surface area contributed by atoms with Gasteiger partial charge < -0.3 is 15.4 Å². The zero-order valence-electron chi connectivity index (χ0n) is 16.5. The predicted octanol–water partition coefficient (Wildman–Crippen LogP) is 1.90. The molecule has 0 radical (unpaired) electrons. The first-order valence-electron chi connectivity index (χ1n) is 9.88. The lowest BCUT2D eigenvalue weighted by atomic mass is 10.1. The van der Waals surface area contributed by atoms with Crippen molar-refractivity contribution in [1.29, 1.82) is 0 Å². The topological polar surface area (TPSA) is 52.1 Å². The van der Waals surface area contributed by atoms with Gasteiger partial charge in [0.1, 0.15) is 0 Å². The maximum absolute atomic E-state index is 5.38. The predicted molar refractivity (Wildman–Crippen MR) is 122 cm³/mol. The van der Waals surface area contributed by atoms with Crippen LogP contribution in [0.3, 0.4) is 0 Å². The Balaban J connectivity index is 0.00000261. The van der Waals surface area contributed by atoms with Gasteiger partial charge in [0.2, 0.25) is 0 Å². The zero-order chi connectivity index (χ0) is 18.0. The lowest BCUT2D eigenvalue weighted by Crippen LogP contribution is -2.44. The van der Waals surface area contributed by atoms with Gasteiger partial charge in [0.25, 0.3) is 0 Å². The molecule has 3 rings (SSSR count). The van der Waals surface area contributed by atoms with Crippen LogP contribution in [0, 0.1) is 0 Å². The van der Waals surface area contributed by atoms with E-state index >= 15 is 0 Å². The lowest BCUT2D eigenvalue weighted by molar-refractivity contribution is 0.0389. The maximum atomic E-state index is 5.38. The molecule has 2 saturated heterocycles. The van der Waals surface area contributed by atoms with Crippen molar-refractivity contribution < 1.29 is 4.74 Å². The van der Waals surface area contributed by atoms with E-state index in [4.69, 9.17) is 4.74 Å². The van der Waals surface area contributed by atoms with Gasteiger partial charge >= 0.3 is 0 Å². The second-order valence-electron chi connectivity index (χ2n) is 7.11. The monoisotopic (exact) mass is 487 g/mol. The third-order valence-electron chi connectivity index (χ3n) is 5.14. The minimum absolute atomic E-state index is 0. The number of rotatable bonds is 7. The molecule has 0 bridgehead atoms. The molecule has 6 nitrogen and oxygen atoms in total. The molecule has 152 valence electrons. The first kappa shape index (κ1) is 22.4. The molecule has 0 aliphatic carbocycles. The minimum atomic E-state index is 0. The highest BCUT2D eigenvalue weighted by molar-refractivity contribution is 14.0. The molecule has 2 aliphatic rings. The summed E-state index contributed by atoms with van der Waals surface area (Å²) >= 11 is 0. The molecule has 2 heterocycles. The molecule has 0 aromatic heterocycles. The van der Waals surface area contributed by atoms with E-state index in [-0.39, 0.29) is 24.0 Å². The Morgan fingerprint density at radius 2 is 1.63 bits per heavy atom. The van der Waals surface area contributed by atoms with Gasteiger partial charge in [-0.1, -0.05) is 24.3 Å². The second-order valence-corrected chi connectivity index (χ2v) is 7.11. The van der Waals surface area contributed by atoms with Gasteiger partial charge in [0.15, 0.2) is 5.96 Å². The number of morpholine rings is 1. The van der Waals surface area contributed by atoms with Crippen molar-refractivity contribution in [2.45, 2.75) is 25.9 Å². The standard InChI is InChI=1S/C20H33N5O.HI/c1-21-20(22-8-11-24-12-14-26-15-13-24)23-16-18-4-6-19(7-5-18)17-25-9-2-3-10-25;/h4-7H,2-3,8-17H2,1H3,(H2,21,22,23);1H. The van der Waals surface area contributed by atoms with Crippen LogP contribution in [0.5, 0.6) is 0 Å². The van der Waals surface area contributed by atoms with Gasteiger partial charge in [-0.3, -0.25) is 14.8 Å². The van der Waals surface area contributed by atoms with Crippen molar-refractivity contribution in [3.8, 4) is 0 Å². The van der Waals surface area contributed by atoms with Crippen molar-refractivity contribution in [3.05, 3.63) is 35.4 Å². The van der Waals surface area contributed by atoms with Gasteiger partial charge in [-0.05, 0) is 37.1 Å². The molecule has 2 aliphatic heterocycles. The zero-order valence-corrected chi connectivity index (χ0v) is 18.8. The number of halogens is 1. The van der Waals surface area contributed by atoms with Crippen LogP contribution < -0.4 is 10.6 Å². The van der Waals surface area contributed by atoms with Crippen LogP contribution in [0.4, 0.5) is 0 Å². The molecule has 27 heavy (non-hydrogen) atoms. The van der Waals surface area contributed by atoms with Crippen molar-refractivity contribution in [3.63, 3.8) is 0 Å². The van der Waals surface area contributed by atoms with E-state index in [0.29, 0.717) is 0 Å².